The van der Waals surface area contributed by atoms with Crippen molar-refractivity contribution in [1.29, 1.82) is 0 Å². The Morgan fingerprint density at radius 2 is 1.91 bits per heavy atom. The molecule has 4 rings (SSSR count). The largest absolute Gasteiger partial charge is 0.375 e. The van der Waals surface area contributed by atoms with Crippen LogP contribution in [0.15, 0.2) is 71.9 Å². The Morgan fingerprint density at radius 3 is 2.62 bits per heavy atom. The van der Waals surface area contributed by atoms with Crippen LogP contribution in [-0.2, 0) is 6.42 Å². The van der Waals surface area contributed by atoms with Gasteiger partial charge in [-0.3, -0.25) is 9.59 Å². The van der Waals surface area contributed by atoms with Crippen LogP contribution in [0.25, 0.3) is 11.3 Å². The molecule has 2 heterocycles. The SMILES string of the molecule is CCN(C)c1ccc(C(=O)Nc2cc(-c3cc(Cc4ccncn4)c(=O)[nH]n3)ccc2F)cc1. The molecule has 0 saturated heterocycles. The second-order valence-corrected chi connectivity index (χ2v) is 7.69. The Balaban J connectivity index is 1.57. The monoisotopic (exact) mass is 458 g/mol. The summed E-state index contributed by atoms with van der Waals surface area (Å²) in [6.07, 6.45) is 3.31. The van der Waals surface area contributed by atoms with Crippen LogP contribution in [0.1, 0.15) is 28.5 Å². The van der Waals surface area contributed by atoms with E-state index in [4.69, 9.17) is 0 Å². The van der Waals surface area contributed by atoms with Gasteiger partial charge in [-0.05, 0) is 61.5 Å². The van der Waals surface area contributed by atoms with Gasteiger partial charge in [-0.2, -0.15) is 5.10 Å². The van der Waals surface area contributed by atoms with Crippen molar-refractivity contribution in [3.63, 3.8) is 0 Å². The smallest absolute Gasteiger partial charge is 0.267 e. The lowest BCUT2D eigenvalue weighted by Crippen LogP contribution is -2.17. The number of hydrogen-bond acceptors (Lipinski definition) is 6. The Bertz CT molecular complexity index is 1360. The minimum Gasteiger partial charge on any atom is -0.375 e. The number of aromatic amines is 1. The minimum absolute atomic E-state index is 0.0163. The highest BCUT2D eigenvalue weighted by molar-refractivity contribution is 6.04. The number of nitrogens with one attached hydrogen (secondary N) is 2. The van der Waals surface area contributed by atoms with E-state index >= 15 is 0 Å². The van der Waals surface area contributed by atoms with Crippen LogP contribution in [0.4, 0.5) is 15.8 Å². The van der Waals surface area contributed by atoms with E-state index in [1.54, 1.807) is 30.5 Å². The average molecular weight is 458 g/mol. The van der Waals surface area contributed by atoms with Crippen LogP contribution >= 0.6 is 0 Å². The molecule has 1 amide bonds. The standard InChI is InChI=1S/C25H23FN6O2/c1-3-32(2)20-7-4-16(5-8-20)24(33)29-23-13-17(6-9-21(23)26)22-14-18(25(34)31-30-22)12-19-10-11-27-15-28-19/h4-11,13-15H,3,12H2,1-2H3,(H,29,33)(H,31,34). The van der Waals surface area contributed by atoms with E-state index in [1.165, 1.54) is 24.5 Å². The number of carbonyl (C=O) groups is 1. The summed E-state index contributed by atoms with van der Waals surface area (Å²) in [6.45, 7) is 2.87. The summed E-state index contributed by atoms with van der Waals surface area (Å²) in [7, 11) is 1.96. The predicted octanol–water partition coefficient (Wildman–Crippen LogP) is 3.67. The first-order chi connectivity index (χ1) is 16.4. The molecule has 0 aliphatic rings. The fourth-order valence-corrected chi connectivity index (χ4v) is 3.37. The number of hydrogen-bond donors (Lipinski definition) is 2. The quantitative estimate of drug-likeness (QED) is 0.438. The van der Waals surface area contributed by atoms with Gasteiger partial charge in [0.2, 0.25) is 0 Å². The van der Waals surface area contributed by atoms with Gasteiger partial charge in [0, 0.05) is 54.3 Å². The molecule has 0 radical (unpaired) electrons. The first kappa shape index (κ1) is 22.8. The molecule has 172 valence electrons. The Labute approximate surface area is 195 Å². The third-order valence-corrected chi connectivity index (χ3v) is 5.45. The Hall–Kier alpha value is -4.40. The third kappa shape index (κ3) is 5.15. The number of amides is 1. The fourth-order valence-electron chi connectivity index (χ4n) is 3.37. The molecule has 4 aromatic rings. The van der Waals surface area contributed by atoms with Crippen molar-refractivity contribution in [3.8, 4) is 11.3 Å². The lowest BCUT2D eigenvalue weighted by atomic mass is 10.1. The first-order valence-corrected chi connectivity index (χ1v) is 10.7. The molecule has 8 nitrogen and oxygen atoms in total. The van der Waals surface area contributed by atoms with Gasteiger partial charge in [0.15, 0.2) is 0 Å². The van der Waals surface area contributed by atoms with Crippen LogP contribution in [0.5, 0.6) is 0 Å². The number of H-pyrrole nitrogens is 1. The molecule has 2 aromatic carbocycles. The molecule has 0 bridgehead atoms. The lowest BCUT2D eigenvalue weighted by molar-refractivity contribution is 0.102. The molecule has 34 heavy (non-hydrogen) atoms. The summed E-state index contributed by atoms with van der Waals surface area (Å²) < 4.78 is 14.5. The number of anilines is 2. The molecule has 0 atom stereocenters. The molecule has 2 aromatic heterocycles. The van der Waals surface area contributed by atoms with Crippen molar-refractivity contribution < 1.29 is 9.18 Å². The first-order valence-electron chi connectivity index (χ1n) is 10.7. The van der Waals surface area contributed by atoms with Crippen molar-refractivity contribution >= 4 is 17.3 Å². The number of aromatic nitrogens is 4. The van der Waals surface area contributed by atoms with Crippen molar-refractivity contribution in [3.05, 3.63) is 100 Å². The molecule has 0 aliphatic heterocycles. The van der Waals surface area contributed by atoms with Gasteiger partial charge in [0.25, 0.3) is 11.5 Å². The molecular weight excluding hydrogens is 435 g/mol. The fraction of sp³-hybridized carbons (Fsp3) is 0.160. The van der Waals surface area contributed by atoms with Crippen LogP contribution in [0.2, 0.25) is 0 Å². The molecule has 9 heteroatoms. The zero-order valence-electron chi connectivity index (χ0n) is 18.7. The maximum atomic E-state index is 14.5. The lowest BCUT2D eigenvalue weighted by Gasteiger charge is -2.16. The van der Waals surface area contributed by atoms with Gasteiger partial charge in [-0.25, -0.2) is 19.5 Å². The van der Waals surface area contributed by atoms with Gasteiger partial charge >= 0.3 is 0 Å². The maximum absolute atomic E-state index is 14.5. The molecular formula is C25H23FN6O2. The number of halogens is 1. The summed E-state index contributed by atoms with van der Waals surface area (Å²) in [5.41, 5.74) is 3.18. The summed E-state index contributed by atoms with van der Waals surface area (Å²) in [4.78, 5) is 35.0. The second-order valence-electron chi connectivity index (χ2n) is 7.69. The third-order valence-electron chi connectivity index (χ3n) is 5.45. The Morgan fingerprint density at radius 1 is 1.12 bits per heavy atom. The maximum Gasteiger partial charge on any atom is 0.267 e. The van der Waals surface area contributed by atoms with Crippen molar-refractivity contribution in [1.82, 2.24) is 20.2 Å². The number of carbonyl (C=O) groups excluding carboxylic acids is 1. The van der Waals surface area contributed by atoms with Crippen LogP contribution in [0.3, 0.4) is 0 Å². The molecule has 0 spiro atoms. The van der Waals surface area contributed by atoms with Crippen molar-refractivity contribution in [2.24, 2.45) is 0 Å². The summed E-state index contributed by atoms with van der Waals surface area (Å²) in [5, 5.41) is 9.18. The molecule has 0 saturated carbocycles. The van der Waals surface area contributed by atoms with Gasteiger partial charge in [0.05, 0.1) is 11.4 Å². The highest BCUT2D eigenvalue weighted by Crippen LogP contribution is 2.24. The number of benzene rings is 2. The highest BCUT2D eigenvalue weighted by Gasteiger charge is 2.13. The van der Waals surface area contributed by atoms with Gasteiger partial charge in [-0.1, -0.05) is 0 Å². The summed E-state index contributed by atoms with van der Waals surface area (Å²) >= 11 is 0. The highest BCUT2D eigenvalue weighted by atomic mass is 19.1. The Kier molecular flexibility index (Phi) is 6.72. The van der Waals surface area contributed by atoms with Gasteiger partial charge in [-0.15, -0.1) is 0 Å². The van der Waals surface area contributed by atoms with Gasteiger partial charge in [0.1, 0.15) is 12.1 Å². The van der Waals surface area contributed by atoms with E-state index in [1.807, 2.05) is 31.0 Å². The topological polar surface area (TPSA) is 104 Å². The summed E-state index contributed by atoms with van der Waals surface area (Å²) in [6, 6.07) is 14.7. The van der Waals surface area contributed by atoms with Crippen molar-refractivity contribution in [2.75, 3.05) is 23.8 Å². The minimum atomic E-state index is -0.579. The molecule has 0 fully saturated rings. The van der Waals surface area contributed by atoms with E-state index in [0.717, 1.165) is 12.2 Å². The van der Waals surface area contributed by atoms with E-state index in [9.17, 15) is 14.0 Å². The molecule has 2 N–H and O–H groups in total. The van der Waals surface area contributed by atoms with Crippen LogP contribution in [-0.4, -0.2) is 39.7 Å². The second kappa shape index (κ2) is 10.0. The summed E-state index contributed by atoms with van der Waals surface area (Å²) in [5.74, 6) is -1.01. The number of rotatable bonds is 7. The zero-order chi connectivity index (χ0) is 24.1. The van der Waals surface area contributed by atoms with Crippen molar-refractivity contribution in [2.45, 2.75) is 13.3 Å². The molecule has 0 unspecified atom stereocenters. The van der Waals surface area contributed by atoms with E-state index in [-0.39, 0.29) is 11.2 Å². The number of nitrogens with zero attached hydrogens (tertiary/aromatic N) is 4. The van der Waals surface area contributed by atoms with Crippen LogP contribution in [0, 0.1) is 5.82 Å². The molecule has 0 aliphatic carbocycles. The van der Waals surface area contributed by atoms with E-state index < -0.39 is 11.7 Å². The van der Waals surface area contributed by atoms with Crippen LogP contribution < -0.4 is 15.8 Å². The predicted molar refractivity (Wildman–Crippen MR) is 128 cm³/mol. The average Bonchev–Trinajstić information content (AvgIpc) is 2.87. The van der Waals surface area contributed by atoms with Gasteiger partial charge < -0.3 is 10.2 Å². The van der Waals surface area contributed by atoms with E-state index in [0.29, 0.717) is 34.5 Å². The van der Waals surface area contributed by atoms with E-state index in [2.05, 4.69) is 25.5 Å². The normalized spacial score (nSPS) is 10.7. The zero-order valence-corrected chi connectivity index (χ0v) is 18.7.